The second-order valence-corrected chi connectivity index (χ2v) is 3.84. The standard InChI is InChI=1S/C8H14N2O/c1-6-2-9-3-7(1)10(6)8-4-11-5-8/h6-9H,1-5H2. The van der Waals surface area contributed by atoms with Gasteiger partial charge in [0.2, 0.25) is 0 Å². The van der Waals surface area contributed by atoms with E-state index in [-0.39, 0.29) is 0 Å². The number of ether oxygens (including phenoxy) is 1. The molecular formula is C8H14N2O. The molecule has 2 bridgehead atoms. The van der Waals surface area contributed by atoms with Gasteiger partial charge in [0.15, 0.2) is 0 Å². The van der Waals surface area contributed by atoms with Gasteiger partial charge in [-0.15, -0.1) is 0 Å². The van der Waals surface area contributed by atoms with Gasteiger partial charge in [-0.2, -0.15) is 0 Å². The summed E-state index contributed by atoms with van der Waals surface area (Å²) in [4.78, 5) is 2.65. The Balaban J connectivity index is 1.69. The monoisotopic (exact) mass is 154 g/mol. The third kappa shape index (κ3) is 0.789. The van der Waals surface area contributed by atoms with E-state index in [0.29, 0.717) is 0 Å². The van der Waals surface area contributed by atoms with E-state index < -0.39 is 0 Å². The Labute approximate surface area is 66.7 Å². The number of nitrogens with zero attached hydrogens (tertiary/aromatic N) is 1. The van der Waals surface area contributed by atoms with Crippen LogP contribution in [0.25, 0.3) is 0 Å². The molecule has 4 aliphatic heterocycles. The van der Waals surface area contributed by atoms with Crippen molar-refractivity contribution in [3.63, 3.8) is 0 Å². The highest BCUT2D eigenvalue weighted by Crippen LogP contribution is 2.32. The zero-order chi connectivity index (χ0) is 7.26. The first-order valence-corrected chi connectivity index (χ1v) is 4.51. The molecule has 3 nitrogen and oxygen atoms in total. The molecule has 1 N–H and O–H groups in total. The second-order valence-electron chi connectivity index (χ2n) is 3.84. The first kappa shape index (κ1) is 6.40. The Morgan fingerprint density at radius 3 is 2.27 bits per heavy atom. The lowest BCUT2D eigenvalue weighted by Gasteiger charge is -2.58. The lowest BCUT2D eigenvalue weighted by atomic mass is 9.86. The topological polar surface area (TPSA) is 24.5 Å². The summed E-state index contributed by atoms with van der Waals surface area (Å²) in [5.41, 5.74) is 0. The van der Waals surface area contributed by atoms with Crippen molar-refractivity contribution >= 4 is 0 Å². The highest BCUT2D eigenvalue weighted by molar-refractivity contribution is 5.03. The quantitative estimate of drug-likeness (QED) is 0.547. The fraction of sp³-hybridized carbons (Fsp3) is 1.00. The van der Waals surface area contributed by atoms with Crippen LogP contribution in [0.4, 0.5) is 0 Å². The zero-order valence-electron chi connectivity index (χ0n) is 6.62. The van der Waals surface area contributed by atoms with Crippen LogP contribution in [-0.4, -0.2) is 49.3 Å². The van der Waals surface area contributed by atoms with Crippen molar-refractivity contribution in [1.29, 1.82) is 0 Å². The van der Waals surface area contributed by atoms with Crippen molar-refractivity contribution in [3.8, 4) is 0 Å². The average molecular weight is 154 g/mol. The molecule has 4 heterocycles. The number of nitrogens with one attached hydrogen (secondary N) is 1. The molecule has 2 atom stereocenters. The first-order valence-electron chi connectivity index (χ1n) is 4.51. The third-order valence-corrected chi connectivity index (χ3v) is 3.19. The van der Waals surface area contributed by atoms with Crippen molar-refractivity contribution in [2.24, 2.45) is 0 Å². The summed E-state index contributed by atoms with van der Waals surface area (Å²) in [5, 5.41) is 3.43. The SMILES string of the molecule is C1NCC2CC1N2C1COC1. The van der Waals surface area contributed by atoms with Crippen LogP contribution in [0.1, 0.15) is 6.42 Å². The molecular weight excluding hydrogens is 140 g/mol. The summed E-state index contributed by atoms with van der Waals surface area (Å²) in [7, 11) is 0. The minimum absolute atomic E-state index is 0.765. The van der Waals surface area contributed by atoms with Gasteiger partial charge in [-0.05, 0) is 6.42 Å². The van der Waals surface area contributed by atoms with Crippen molar-refractivity contribution in [2.75, 3.05) is 26.3 Å². The summed E-state index contributed by atoms with van der Waals surface area (Å²) in [6.45, 7) is 4.36. The summed E-state index contributed by atoms with van der Waals surface area (Å²) in [5.74, 6) is 0. The summed E-state index contributed by atoms with van der Waals surface area (Å²) in [6, 6.07) is 2.44. The van der Waals surface area contributed by atoms with Crippen LogP contribution in [0, 0.1) is 0 Å². The number of piperazine rings is 1. The average Bonchev–Trinajstić information content (AvgIpc) is 1.98. The van der Waals surface area contributed by atoms with Gasteiger partial charge in [-0.3, -0.25) is 4.90 Å². The highest BCUT2D eigenvalue weighted by atomic mass is 16.5. The first-order chi connectivity index (χ1) is 5.45. The normalized spacial score (nSPS) is 44.7. The number of hydrogen-bond donors (Lipinski definition) is 1. The molecule has 4 aliphatic rings. The fourth-order valence-corrected chi connectivity index (χ4v) is 2.50. The molecule has 62 valence electrons. The van der Waals surface area contributed by atoms with Gasteiger partial charge in [0.1, 0.15) is 0 Å². The molecule has 0 radical (unpaired) electrons. The third-order valence-electron chi connectivity index (χ3n) is 3.19. The minimum atomic E-state index is 0.765. The molecule has 4 saturated heterocycles. The van der Waals surface area contributed by atoms with E-state index in [1.54, 1.807) is 0 Å². The van der Waals surface area contributed by atoms with Gasteiger partial charge in [-0.1, -0.05) is 0 Å². The van der Waals surface area contributed by atoms with Gasteiger partial charge < -0.3 is 10.1 Å². The molecule has 0 aromatic heterocycles. The van der Waals surface area contributed by atoms with Crippen LogP contribution in [0.15, 0.2) is 0 Å². The fourth-order valence-electron chi connectivity index (χ4n) is 2.50. The van der Waals surface area contributed by atoms with E-state index in [1.165, 1.54) is 19.5 Å². The van der Waals surface area contributed by atoms with E-state index in [4.69, 9.17) is 4.74 Å². The molecule has 2 unspecified atom stereocenters. The van der Waals surface area contributed by atoms with Crippen molar-refractivity contribution in [1.82, 2.24) is 10.2 Å². The van der Waals surface area contributed by atoms with E-state index in [0.717, 1.165) is 31.3 Å². The minimum Gasteiger partial charge on any atom is -0.378 e. The van der Waals surface area contributed by atoms with Gasteiger partial charge in [0.25, 0.3) is 0 Å². The van der Waals surface area contributed by atoms with Crippen LogP contribution in [0.5, 0.6) is 0 Å². The molecule has 0 amide bonds. The number of hydrogen-bond acceptors (Lipinski definition) is 3. The Morgan fingerprint density at radius 2 is 1.82 bits per heavy atom. The lowest BCUT2D eigenvalue weighted by Crippen LogP contribution is -2.73. The number of rotatable bonds is 1. The number of fused-ring (bicyclic) bond motifs is 2. The van der Waals surface area contributed by atoms with E-state index in [9.17, 15) is 0 Å². The lowest BCUT2D eigenvalue weighted by molar-refractivity contribution is -0.146. The second kappa shape index (κ2) is 2.19. The Hall–Kier alpha value is -0.120. The Bertz CT molecular complexity index is 153. The maximum Gasteiger partial charge on any atom is 0.0645 e. The zero-order valence-corrected chi connectivity index (χ0v) is 6.62. The molecule has 4 rings (SSSR count). The largest absolute Gasteiger partial charge is 0.378 e. The predicted octanol–water partition coefficient (Wildman–Crippen LogP) is -0.569. The van der Waals surface area contributed by atoms with Crippen molar-refractivity contribution < 1.29 is 4.74 Å². The summed E-state index contributed by atoms with van der Waals surface area (Å²) in [6.07, 6.45) is 1.42. The maximum absolute atomic E-state index is 5.19. The smallest absolute Gasteiger partial charge is 0.0645 e. The van der Waals surface area contributed by atoms with Crippen LogP contribution in [0.2, 0.25) is 0 Å². The maximum atomic E-state index is 5.19. The molecule has 11 heavy (non-hydrogen) atoms. The molecule has 0 aromatic rings. The van der Waals surface area contributed by atoms with Crippen LogP contribution in [-0.2, 0) is 4.74 Å². The molecule has 0 aliphatic carbocycles. The van der Waals surface area contributed by atoms with Gasteiger partial charge in [-0.25, -0.2) is 0 Å². The van der Waals surface area contributed by atoms with Crippen LogP contribution in [0.3, 0.4) is 0 Å². The van der Waals surface area contributed by atoms with E-state index in [2.05, 4.69) is 10.2 Å². The van der Waals surface area contributed by atoms with E-state index >= 15 is 0 Å². The Kier molecular flexibility index (Phi) is 1.27. The molecule has 0 spiro atoms. The van der Waals surface area contributed by atoms with Crippen molar-refractivity contribution in [3.05, 3.63) is 0 Å². The molecule has 3 heteroatoms. The summed E-state index contributed by atoms with van der Waals surface area (Å²) >= 11 is 0. The summed E-state index contributed by atoms with van der Waals surface area (Å²) < 4.78 is 5.19. The predicted molar refractivity (Wildman–Crippen MR) is 41.5 cm³/mol. The van der Waals surface area contributed by atoms with Gasteiger partial charge in [0.05, 0.1) is 19.3 Å². The van der Waals surface area contributed by atoms with Gasteiger partial charge >= 0.3 is 0 Å². The van der Waals surface area contributed by atoms with E-state index in [1.807, 2.05) is 0 Å². The molecule has 0 saturated carbocycles. The highest BCUT2D eigenvalue weighted by Gasteiger charge is 2.46. The van der Waals surface area contributed by atoms with Crippen LogP contribution < -0.4 is 5.32 Å². The van der Waals surface area contributed by atoms with Crippen LogP contribution >= 0.6 is 0 Å². The van der Waals surface area contributed by atoms with Gasteiger partial charge in [0, 0.05) is 25.2 Å². The number of piperidine rings is 1. The van der Waals surface area contributed by atoms with Crippen molar-refractivity contribution in [2.45, 2.75) is 24.5 Å². The molecule has 4 fully saturated rings. The molecule has 0 aromatic carbocycles. The Morgan fingerprint density at radius 1 is 1.09 bits per heavy atom.